The van der Waals surface area contributed by atoms with Crippen LogP contribution in [0.25, 0.3) is 0 Å². The van der Waals surface area contributed by atoms with Gasteiger partial charge in [-0.1, -0.05) is 43.7 Å². The molecule has 0 aliphatic rings. The van der Waals surface area contributed by atoms with Gasteiger partial charge in [-0.3, -0.25) is 14.9 Å². The van der Waals surface area contributed by atoms with Crippen molar-refractivity contribution in [2.75, 3.05) is 25.6 Å². The predicted octanol–water partition coefficient (Wildman–Crippen LogP) is 2.56. The number of nitrogens with zero attached hydrogens (tertiary/aromatic N) is 2. The van der Waals surface area contributed by atoms with Gasteiger partial charge in [0.2, 0.25) is 10.0 Å². The Balaban J connectivity index is 2.51. The third kappa shape index (κ3) is 6.28. The van der Waals surface area contributed by atoms with E-state index in [-0.39, 0.29) is 22.8 Å². The largest absolute Gasteiger partial charge is 0.468 e. The molecule has 0 spiro atoms. The molecule has 33 heavy (non-hydrogen) atoms. The molecule has 0 aliphatic heterocycles. The molecule has 2 atom stereocenters. The molecule has 180 valence electrons. The van der Waals surface area contributed by atoms with E-state index in [4.69, 9.17) is 4.74 Å². The number of esters is 1. The number of aliphatic hydroxyl groups is 1. The first kappa shape index (κ1) is 26.2. The van der Waals surface area contributed by atoms with Crippen LogP contribution in [-0.2, 0) is 19.6 Å². The Morgan fingerprint density at radius 2 is 1.79 bits per heavy atom. The molecular weight excluding hydrogens is 450 g/mol. The summed E-state index contributed by atoms with van der Waals surface area (Å²) in [6.45, 7) is 4.30. The number of anilines is 1. The highest BCUT2D eigenvalue weighted by Gasteiger charge is 2.40. The molecule has 0 aliphatic carbocycles. The number of nitrogens with one attached hydrogen (secondary N) is 1. The molecule has 0 amide bonds. The molecule has 10 nitrogen and oxygen atoms in total. The molecule has 0 heterocycles. The zero-order valence-corrected chi connectivity index (χ0v) is 19.8. The van der Waals surface area contributed by atoms with Crippen molar-refractivity contribution in [2.45, 2.75) is 37.8 Å². The number of nitro groups is 1. The lowest BCUT2D eigenvalue weighted by molar-refractivity contribution is -0.384. The quantitative estimate of drug-likeness (QED) is 0.285. The van der Waals surface area contributed by atoms with E-state index >= 15 is 0 Å². The Bertz CT molecular complexity index is 1070. The van der Waals surface area contributed by atoms with Crippen LogP contribution < -0.4 is 5.32 Å². The second-order valence-corrected chi connectivity index (χ2v) is 9.79. The lowest BCUT2D eigenvalue weighted by Gasteiger charge is -2.34. The molecule has 2 aromatic rings. The van der Waals surface area contributed by atoms with Crippen LogP contribution in [0.1, 0.15) is 19.4 Å². The molecule has 2 rings (SSSR count). The lowest BCUT2D eigenvalue weighted by atomic mass is 10.0. The highest BCUT2D eigenvalue weighted by molar-refractivity contribution is 7.89. The number of rotatable bonds is 11. The van der Waals surface area contributed by atoms with Crippen molar-refractivity contribution in [3.8, 4) is 0 Å². The summed E-state index contributed by atoms with van der Waals surface area (Å²) in [7, 11) is -3.02. The first-order valence-corrected chi connectivity index (χ1v) is 11.7. The Morgan fingerprint density at radius 3 is 2.30 bits per heavy atom. The number of sulfonamides is 1. The average molecular weight is 480 g/mol. The molecule has 0 radical (unpaired) electrons. The van der Waals surface area contributed by atoms with Crippen molar-refractivity contribution in [1.29, 1.82) is 0 Å². The van der Waals surface area contributed by atoms with Crippen molar-refractivity contribution in [2.24, 2.45) is 5.92 Å². The fourth-order valence-corrected chi connectivity index (χ4v) is 5.15. The van der Waals surface area contributed by atoms with E-state index in [0.717, 1.165) is 9.87 Å². The van der Waals surface area contributed by atoms with Gasteiger partial charge in [-0.25, -0.2) is 8.42 Å². The molecular formula is C22H29N3O7S. The van der Waals surface area contributed by atoms with Crippen molar-refractivity contribution in [3.05, 3.63) is 64.2 Å². The average Bonchev–Trinajstić information content (AvgIpc) is 2.77. The number of methoxy groups -OCH3 is 1. The second kappa shape index (κ2) is 11.2. The number of benzene rings is 2. The van der Waals surface area contributed by atoms with E-state index in [9.17, 15) is 28.4 Å². The van der Waals surface area contributed by atoms with Gasteiger partial charge in [0, 0.05) is 12.6 Å². The van der Waals surface area contributed by atoms with Crippen LogP contribution in [0.4, 0.5) is 11.4 Å². The molecule has 2 aromatic carbocycles. The zero-order valence-electron chi connectivity index (χ0n) is 19.0. The van der Waals surface area contributed by atoms with Crippen LogP contribution in [0.5, 0.6) is 0 Å². The third-order valence-electron chi connectivity index (χ3n) is 5.09. The van der Waals surface area contributed by atoms with Crippen LogP contribution >= 0.6 is 0 Å². The van der Waals surface area contributed by atoms with E-state index in [1.54, 1.807) is 32.0 Å². The van der Waals surface area contributed by atoms with Gasteiger partial charge >= 0.3 is 5.97 Å². The predicted molar refractivity (Wildman–Crippen MR) is 123 cm³/mol. The molecule has 0 fully saturated rings. The summed E-state index contributed by atoms with van der Waals surface area (Å²) >= 11 is 0. The van der Waals surface area contributed by atoms with E-state index in [0.29, 0.717) is 0 Å². The van der Waals surface area contributed by atoms with Gasteiger partial charge in [-0.05, 0) is 31.0 Å². The lowest BCUT2D eigenvalue weighted by Crippen LogP contribution is -2.53. The molecule has 2 N–H and O–H groups in total. The minimum Gasteiger partial charge on any atom is -0.468 e. The fourth-order valence-electron chi connectivity index (χ4n) is 3.39. The first-order valence-electron chi connectivity index (χ1n) is 10.3. The first-order chi connectivity index (χ1) is 15.5. The Kier molecular flexibility index (Phi) is 8.91. The van der Waals surface area contributed by atoms with Crippen LogP contribution in [-0.4, -0.2) is 61.1 Å². The summed E-state index contributed by atoms with van der Waals surface area (Å²) in [5, 5.41) is 24.2. The van der Waals surface area contributed by atoms with Crippen molar-refractivity contribution >= 4 is 27.4 Å². The molecule has 0 aromatic heterocycles. The highest BCUT2D eigenvalue weighted by atomic mass is 32.2. The monoisotopic (exact) mass is 479 g/mol. The number of carbonyl (C=O) groups excluding carboxylic acids is 1. The molecule has 0 unspecified atom stereocenters. The van der Waals surface area contributed by atoms with Crippen LogP contribution in [0.3, 0.4) is 0 Å². The topological polar surface area (TPSA) is 139 Å². The maximum atomic E-state index is 13.6. The number of hydrogen-bond acceptors (Lipinski definition) is 8. The minimum atomic E-state index is -4.19. The van der Waals surface area contributed by atoms with Gasteiger partial charge in [0.05, 0.1) is 29.6 Å². The van der Waals surface area contributed by atoms with Crippen LogP contribution in [0.2, 0.25) is 0 Å². The summed E-state index contributed by atoms with van der Waals surface area (Å²) in [5.74, 6) is -1.20. The molecule has 0 saturated carbocycles. The Morgan fingerprint density at radius 1 is 1.18 bits per heavy atom. The summed E-state index contributed by atoms with van der Waals surface area (Å²) < 4.78 is 33.0. The number of aliphatic hydroxyl groups excluding tert-OH is 1. The number of para-hydroxylation sites is 2. The van der Waals surface area contributed by atoms with Gasteiger partial charge < -0.3 is 15.2 Å². The summed E-state index contributed by atoms with van der Waals surface area (Å²) in [6, 6.07) is 9.87. The van der Waals surface area contributed by atoms with E-state index in [2.05, 4.69) is 5.32 Å². The number of aryl methyl sites for hydroxylation is 1. The van der Waals surface area contributed by atoms with E-state index in [1.807, 2.05) is 6.92 Å². The van der Waals surface area contributed by atoms with Crippen molar-refractivity contribution < 1.29 is 28.0 Å². The van der Waals surface area contributed by atoms with E-state index < -0.39 is 45.5 Å². The van der Waals surface area contributed by atoms with E-state index in [1.165, 1.54) is 37.4 Å². The third-order valence-corrected chi connectivity index (χ3v) is 6.95. The Hall–Kier alpha value is -3.02. The summed E-state index contributed by atoms with van der Waals surface area (Å²) in [6.07, 6.45) is 0. The summed E-state index contributed by atoms with van der Waals surface area (Å²) in [4.78, 5) is 23.3. The number of carbonyl (C=O) groups is 1. The number of hydrogen-bond donors (Lipinski definition) is 2. The standard InChI is InChI=1S/C22H29N3O7S/c1-15(2)21(22(27)32-4)24(33(30,31)18-11-9-16(3)10-12-18)13-17(14-26)23-19-7-5-6-8-20(19)25(28)29/h5-12,15,17,21,23,26H,13-14H2,1-4H3/t17-,21+/m1/s1. The Labute approximate surface area is 193 Å². The van der Waals surface area contributed by atoms with Gasteiger partial charge in [0.25, 0.3) is 5.69 Å². The smallest absolute Gasteiger partial charge is 0.324 e. The highest BCUT2D eigenvalue weighted by Crippen LogP contribution is 2.27. The summed E-state index contributed by atoms with van der Waals surface area (Å²) in [5.41, 5.74) is 0.755. The zero-order chi connectivity index (χ0) is 24.8. The normalized spacial score (nSPS) is 13.5. The van der Waals surface area contributed by atoms with Gasteiger partial charge in [0.15, 0.2) is 0 Å². The maximum Gasteiger partial charge on any atom is 0.324 e. The fraction of sp³-hybridized carbons (Fsp3) is 0.409. The van der Waals surface area contributed by atoms with Gasteiger partial charge in [-0.15, -0.1) is 0 Å². The molecule has 0 bridgehead atoms. The second-order valence-electron chi connectivity index (χ2n) is 7.90. The SMILES string of the molecule is COC(=O)[C@H](C(C)C)N(C[C@H](CO)Nc1ccccc1[N+](=O)[O-])S(=O)(=O)c1ccc(C)cc1. The molecule has 0 saturated heterocycles. The number of ether oxygens (including phenoxy) is 1. The van der Waals surface area contributed by atoms with Crippen LogP contribution in [0.15, 0.2) is 53.4 Å². The van der Waals surface area contributed by atoms with Crippen molar-refractivity contribution in [3.63, 3.8) is 0 Å². The van der Waals surface area contributed by atoms with Gasteiger partial charge in [0.1, 0.15) is 11.7 Å². The van der Waals surface area contributed by atoms with Crippen molar-refractivity contribution in [1.82, 2.24) is 4.31 Å². The molecule has 11 heteroatoms. The minimum absolute atomic E-state index is 0.0231. The van der Waals surface area contributed by atoms with Gasteiger partial charge in [-0.2, -0.15) is 4.31 Å². The van der Waals surface area contributed by atoms with Crippen LogP contribution in [0, 0.1) is 23.0 Å². The maximum absolute atomic E-state index is 13.6. The number of nitro benzene ring substituents is 1.